The average molecular weight is 220 g/mol. The summed E-state index contributed by atoms with van der Waals surface area (Å²) < 4.78 is 5.32. The maximum absolute atomic E-state index is 11.3. The van der Waals surface area contributed by atoms with Gasteiger partial charge in [-0.25, -0.2) is 4.79 Å². The zero-order valence-electron chi connectivity index (χ0n) is 9.32. The molecule has 0 heterocycles. The van der Waals surface area contributed by atoms with Crippen LogP contribution in [0.15, 0.2) is 36.9 Å². The van der Waals surface area contributed by atoms with Gasteiger partial charge in [-0.05, 0) is 19.1 Å². The van der Waals surface area contributed by atoms with Crippen LogP contribution in [0.4, 0.5) is 10.5 Å². The average Bonchev–Trinajstić information content (AvgIpc) is 2.27. The van der Waals surface area contributed by atoms with Crippen molar-refractivity contribution in [2.45, 2.75) is 6.92 Å². The maximum atomic E-state index is 11.3. The van der Waals surface area contributed by atoms with E-state index in [2.05, 4.69) is 17.2 Å². The molecule has 4 nitrogen and oxygen atoms in total. The molecule has 16 heavy (non-hydrogen) atoms. The first-order chi connectivity index (χ1) is 7.76. The molecule has 0 aliphatic carbocycles. The second kappa shape index (κ2) is 6.50. The number of urea groups is 1. The predicted molar refractivity (Wildman–Crippen MR) is 64.8 cm³/mol. The van der Waals surface area contributed by atoms with Gasteiger partial charge in [0.2, 0.25) is 0 Å². The standard InChI is InChI=1S/C12H16N2O2/c1-3-8-13-12(15)14-10-6-5-7-11(9-10)16-4-2/h3,5-7,9H,1,4,8H2,2H3,(H2,13,14,15). The van der Waals surface area contributed by atoms with E-state index in [1.165, 1.54) is 0 Å². The molecule has 1 rings (SSSR count). The number of hydrogen-bond donors (Lipinski definition) is 2. The van der Waals surface area contributed by atoms with E-state index in [0.29, 0.717) is 18.8 Å². The van der Waals surface area contributed by atoms with E-state index in [1.807, 2.05) is 19.1 Å². The van der Waals surface area contributed by atoms with Crippen LogP contribution in [0, 0.1) is 0 Å². The van der Waals surface area contributed by atoms with Crippen LogP contribution in [0.2, 0.25) is 0 Å². The fourth-order valence-corrected chi connectivity index (χ4v) is 1.17. The normalized spacial score (nSPS) is 9.31. The van der Waals surface area contributed by atoms with Gasteiger partial charge in [-0.2, -0.15) is 0 Å². The second-order valence-electron chi connectivity index (χ2n) is 3.08. The van der Waals surface area contributed by atoms with E-state index in [1.54, 1.807) is 18.2 Å². The van der Waals surface area contributed by atoms with E-state index in [4.69, 9.17) is 4.74 Å². The Morgan fingerprint density at radius 2 is 2.38 bits per heavy atom. The molecule has 0 atom stereocenters. The maximum Gasteiger partial charge on any atom is 0.319 e. The summed E-state index contributed by atoms with van der Waals surface area (Å²) in [6.07, 6.45) is 1.62. The lowest BCUT2D eigenvalue weighted by Crippen LogP contribution is -2.28. The van der Waals surface area contributed by atoms with Crippen LogP contribution >= 0.6 is 0 Å². The largest absolute Gasteiger partial charge is 0.494 e. The van der Waals surface area contributed by atoms with Crippen LogP contribution in [0.25, 0.3) is 0 Å². The van der Waals surface area contributed by atoms with Gasteiger partial charge in [-0.3, -0.25) is 0 Å². The van der Waals surface area contributed by atoms with Gasteiger partial charge in [0.05, 0.1) is 6.61 Å². The van der Waals surface area contributed by atoms with Crippen molar-refractivity contribution in [3.05, 3.63) is 36.9 Å². The summed E-state index contributed by atoms with van der Waals surface area (Å²) in [6.45, 7) is 6.47. The number of carbonyl (C=O) groups excluding carboxylic acids is 1. The molecule has 4 heteroatoms. The fraction of sp³-hybridized carbons (Fsp3) is 0.250. The number of amides is 2. The Labute approximate surface area is 95.3 Å². The number of benzene rings is 1. The van der Waals surface area contributed by atoms with Crippen LogP contribution in [0.3, 0.4) is 0 Å². The molecule has 1 aromatic carbocycles. The van der Waals surface area contributed by atoms with Gasteiger partial charge in [0.1, 0.15) is 5.75 Å². The van der Waals surface area contributed by atoms with Crippen molar-refractivity contribution in [2.75, 3.05) is 18.5 Å². The molecule has 0 aliphatic heterocycles. The Bertz CT molecular complexity index is 364. The summed E-state index contributed by atoms with van der Waals surface area (Å²) >= 11 is 0. The Balaban J connectivity index is 2.55. The predicted octanol–water partition coefficient (Wildman–Crippen LogP) is 2.39. The van der Waals surface area contributed by atoms with Crippen LogP contribution < -0.4 is 15.4 Å². The first kappa shape index (κ1) is 12.1. The molecule has 0 fully saturated rings. The van der Waals surface area contributed by atoms with Gasteiger partial charge in [-0.15, -0.1) is 6.58 Å². The summed E-state index contributed by atoms with van der Waals surface area (Å²) in [5.74, 6) is 0.740. The lowest BCUT2D eigenvalue weighted by molar-refractivity contribution is 0.253. The van der Waals surface area contributed by atoms with E-state index in [9.17, 15) is 4.79 Å². The van der Waals surface area contributed by atoms with Crippen LogP contribution in [0.5, 0.6) is 5.75 Å². The SMILES string of the molecule is C=CCNC(=O)Nc1cccc(OCC)c1. The summed E-state index contributed by atoms with van der Waals surface area (Å²) in [4.78, 5) is 11.3. The van der Waals surface area contributed by atoms with Crippen molar-refractivity contribution >= 4 is 11.7 Å². The third kappa shape index (κ3) is 4.04. The number of rotatable bonds is 5. The van der Waals surface area contributed by atoms with E-state index in [0.717, 1.165) is 5.75 Å². The molecule has 1 aromatic rings. The monoisotopic (exact) mass is 220 g/mol. The lowest BCUT2D eigenvalue weighted by atomic mass is 10.3. The molecule has 0 radical (unpaired) electrons. The van der Waals surface area contributed by atoms with E-state index >= 15 is 0 Å². The van der Waals surface area contributed by atoms with Gasteiger partial charge in [0.25, 0.3) is 0 Å². The van der Waals surface area contributed by atoms with Gasteiger partial charge in [0, 0.05) is 18.3 Å². The van der Waals surface area contributed by atoms with Gasteiger partial charge in [-0.1, -0.05) is 12.1 Å². The number of ether oxygens (including phenoxy) is 1. The molecular formula is C12H16N2O2. The Morgan fingerprint density at radius 1 is 1.56 bits per heavy atom. The first-order valence-electron chi connectivity index (χ1n) is 5.15. The molecule has 0 unspecified atom stereocenters. The second-order valence-corrected chi connectivity index (χ2v) is 3.08. The van der Waals surface area contributed by atoms with Crippen molar-refractivity contribution < 1.29 is 9.53 Å². The van der Waals surface area contributed by atoms with Crippen molar-refractivity contribution in [2.24, 2.45) is 0 Å². The summed E-state index contributed by atoms with van der Waals surface area (Å²) in [6, 6.07) is 6.99. The number of nitrogens with one attached hydrogen (secondary N) is 2. The minimum Gasteiger partial charge on any atom is -0.494 e. The summed E-state index contributed by atoms with van der Waals surface area (Å²) in [5.41, 5.74) is 0.701. The Morgan fingerprint density at radius 3 is 3.06 bits per heavy atom. The minimum absolute atomic E-state index is 0.256. The number of hydrogen-bond acceptors (Lipinski definition) is 2. The molecule has 0 bridgehead atoms. The van der Waals surface area contributed by atoms with E-state index < -0.39 is 0 Å². The fourth-order valence-electron chi connectivity index (χ4n) is 1.17. The Kier molecular flexibility index (Phi) is 4.92. The topological polar surface area (TPSA) is 50.4 Å². The third-order valence-electron chi connectivity index (χ3n) is 1.81. The number of carbonyl (C=O) groups is 1. The zero-order chi connectivity index (χ0) is 11.8. The smallest absolute Gasteiger partial charge is 0.319 e. The number of anilines is 1. The van der Waals surface area contributed by atoms with Gasteiger partial charge < -0.3 is 15.4 Å². The van der Waals surface area contributed by atoms with Crippen molar-refractivity contribution in [1.29, 1.82) is 0 Å². The molecule has 2 amide bonds. The van der Waals surface area contributed by atoms with E-state index in [-0.39, 0.29) is 6.03 Å². The molecule has 86 valence electrons. The van der Waals surface area contributed by atoms with Crippen LogP contribution in [-0.4, -0.2) is 19.2 Å². The molecule has 0 saturated carbocycles. The quantitative estimate of drug-likeness (QED) is 0.748. The molecule has 0 aromatic heterocycles. The molecular weight excluding hydrogens is 204 g/mol. The van der Waals surface area contributed by atoms with Crippen molar-refractivity contribution in [3.8, 4) is 5.75 Å². The van der Waals surface area contributed by atoms with Crippen molar-refractivity contribution in [1.82, 2.24) is 5.32 Å². The summed E-state index contributed by atoms with van der Waals surface area (Å²) in [7, 11) is 0. The molecule has 0 saturated heterocycles. The van der Waals surface area contributed by atoms with Crippen LogP contribution in [0.1, 0.15) is 6.92 Å². The molecule has 2 N–H and O–H groups in total. The van der Waals surface area contributed by atoms with Gasteiger partial charge >= 0.3 is 6.03 Å². The summed E-state index contributed by atoms with van der Waals surface area (Å²) in [5, 5.41) is 5.32. The minimum atomic E-state index is -0.256. The molecule has 0 spiro atoms. The zero-order valence-corrected chi connectivity index (χ0v) is 9.32. The highest BCUT2D eigenvalue weighted by atomic mass is 16.5. The van der Waals surface area contributed by atoms with Gasteiger partial charge in [0.15, 0.2) is 0 Å². The lowest BCUT2D eigenvalue weighted by Gasteiger charge is -2.08. The van der Waals surface area contributed by atoms with Crippen molar-refractivity contribution in [3.63, 3.8) is 0 Å². The highest BCUT2D eigenvalue weighted by Gasteiger charge is 2.00. The van der Waals surface area contributed by atoms with Crippen LogP contribution in [-0.2, 0) is 0 Å². The first-order valence-corrected chi connectivity index (χ1v) is 5.15. The Hall–Kier alpha value is -1.97. The highest BCUT2D eigenvalue weighted by Crippen LogP contribution is 2.16. The highest BCUT2D eigenvalue weighted by molar-refractivity contribution is 5.89. The molecule has 0 aliphatic rings. The third-order valence-corrected chi connectivity index (χ3v) is 1.81.